The SMILES string of the molecule is COC(=O)C(C)c1ccc(B2OC(C)(C)C(C)(C)O2)c(C)c1. The summed E-state index contributed by atoms with van der Waals surface area (Å²) < 4.78 is 17.0. The third-order valence-electron chi connectivity index (χ3n) is 4.86. The van der Waals surface area contributed by atoms with Gasteiger partial charge in [-0.25, -0.2) is 0 Å². The number of rotatable bonds is 3. The smallest absolute Gasteiger partial charge is 0.469 e. The average Bonchev–Trinajstić information content (AvgIpc) is 2.65. The standard InChI is InChI=1S/C17H25BO4/c1-11-10-13(12(2)15(19)20-7)8-9-14(11)18-21-16(3,4)17(5,6)22-18/h8-10,12H,1-7H3. The van der Waals surface area contributed by atoms with Crippen LogP contribution in [-0.2, 0) is 18.8 Å². The second kappa shape index (κ2) is 5.71. The Morgan fingerprint density at radius 3 is 2.18 bits per heavy atom. The van der Waals surface area contributed by atoms with Gasteiger partial charge in [0.25, 0.3) is 0 Å². The first kappa shape index (κ1) is 17.0. The number of ether oxygens (including phenoxy) is 1. The van der Waals surface area contributed by atoms with Crippen molar-refractivity contribution >= 4 is 18.6 Å². The van der Waals surface area contributed by atoms with E-state index in [1.165, 1.54) is 7.11 Å². The van der Waals surface area contributed by atoms with Crippen LogP contribution in [0, 0.1) is 6.92 Å². The van der Waals surface area contributed by atoms with E-state index in [1.54, 1.807) is 0 Å². The fourth-order valence-corrected chi connectivity index (χ4v) is 2.52. The topological polar surface area (TPSA) is 44.8 Å². The Kier molecular flexibility index (Phi) is 4.42. The largest absolute Gasteiger partial charge is 0.495 e. The number of hydrogen-bond acceptors (Lipinski definition) is 4. The molecule has 1 atom stereocenters. The number of esters is 1. The predicted molar refractivity (Wildman–Crippen MR) is 87.3 cm³/mol. The molecule has 1 aromatic rings. The van der Waals surface area contributed by atoms with Gasteiger partial charge in [-0.05, 0) is 52.6 Å². The van der Waals surface area contributed by atoms with E-state index >= 15 is 0 Å². The molecule has 1 aliphatic heterocycles. The Hall–Kier alpha value is -1.33. The van der Waals surface area contributed by atoms with E-state index in [1.807, 2.05) is 59.7 Å². The van der Waals surface area contributed by atoms with E-state index in [2.05, 4.69) is 0 Å². The lowest BCUT2D eigenvalue weighted by Crippen LogP contribution is -2.41. The van der Waals surface area contributed by atoms with Crippen LogP contribution in [-0.4, -0.2) is 31.4 Å². The van der Waals surface area contributed by atoms with Crippen molar-refractivity contribution in [3.63, 3.8) is 0 Å². The van der Waals surface area contributed by atoms with Crippen LogP contribution in [0.3, 0.4) is 0 Å². The van der Waals surface area contributed by atoms with Gasteiger partial charge in [0.05, 0.1) is 24.2 Å². The molecule has 4 nitrogen and oxygen atoms in total. The molecule has 0 aliphatic carbocycles. The van der Waals surface area contributed by atoms with Crippen molar-refractivity contribution in [2.45, 2.75) is 58.7 Å². The van der Waals surface area contributed by atoms with Crippen molar-refractivity contribution in [2.24, 2.45) is 0 Å². The highest BCUT2D eigenvalue weighted by Crippen LogP contribution is 2.36. The number of carbonyl (C=O) groups excluding carboxylic acids is 1. The molecule has 1 heterocycles. The molecule has 0 saturated carbocycles. The van der Waals surface area contributed by atoms with Gasteiger partial charge in [-0.2, -0.15) is 0 Å². The van der Waals surface area contributed by atoms with Crippen LogP contribution in [0.15, 0.2) is 18.2 Å². The Morgan fingerprint density at radius 2 is 1.73 bits per heavy atom. The van der Waals surface area contributed by atoms with Gasteiger partial charge in [0.2, 0.25) is 0 Å². The highest BCUT2D eigenvalue weighted by Gasteiger charge is 2.52. The first-order chi connectivity index (χ1) is 10.1. The monoisotopic (exact) mass is 304 g/mol. The average molecular weight is 304 g/mol. The molecular weight excluding hydrogens is 279 g/mol. The summed E-state index contributed by atoms with van der Waals surface area (Å²) in [4.78, 5) is 11.7. The van der Waals surface area contributed by atoms with Gasteiger partial charge in [-0.1, -0.05) is 23.8 Å². The Balaban J connectivity index is 2.27. The van der Waals surface area contributed by atoms with Gasteiger partial charge in [0.15, 0.2) is 0 Å². The lowest BCUT2D eigenvalue weighted by atomic mass is 9.75. The Morgan fingerprint density at radius 1 is 1.18 bits per heavy atom. The Bertz CT molecular complexity index is 564. The number of carbonyl (C=O) groups is 1. The summed E-state index contributed by atoms with van der Waals surface area (Å²) in [6, 6.07) is 5.92. The zero-order chi connectivity index (χ0) is 16.7. The second-order valence-corrected chi connectivity index (χ2v) is 6.95. The molecule has 1 saturated heterocycles. The van der Waals surface area contributed by atoms with Crippen LogP contribution < -0.4 is 5.46 Å². The van der Waals surface area contributed by atoms with Gasteiger partial charge in [0, 0.05) is 0 Å². The van der Waals surface area contributed by atoms with Gasteiger partial charge in [0.1, 0.15) is 0 Å². The van der Waals surface area contributed by atoms with Crippen molar-refractivity contribution in [3.05, 3.63) is 29.3 Å². The van der Waals surface area contributed by atoms with Crippen LogP contribution in [0.2, 0.25) is 0 Å². The fourth-order valence-electron chi connectivity index (χ4n) is 2.52. The van der Waals surface area contributed by atoms with Crippen molar-refractivity contribution in [2.75, 3.05) is 7.11 Å². The summed E-state index contributed by atoms with van der Waals surface area (Å²) in [5, 5.41) is 0. The van der Waals surface area contributed by atoms with Crippen molar-refractivity contribution in [1.29, 1.82) is 0 Å². The van der Waals surface area contributed by atoms with Crippen LogP contribution in [0.4, 0.5) is 0 Å². The first-order valence-electron chi connectivity index (χ1n) is 7.63. The van der Waals surface area contributed by atoms with Gasteiger partial charge in [-0.3, -0.25) is 4.79 Å². The van der Waals surface area contributed by atoms with E-state index in [9.17, 15) is 4.79 Å². The first-order valence-corrected chi connectivity index (χ1v) is 7.63. The third kappa shape index (κ3) is 2.92. The van der Waals surface area contributed by atoms with Crippen LogP contribution >= 0.6 is 0 Å². The predicted octanol–water partition coefficient (Wildman–Crippen LogP) is 2.57. The highest BCUT2D eigenvalue weighted by atomic mass is 16.7. The minimum absolute atomic E-state index is 0.234. The summed E-state index contributed by atoms with van der Waals surface area (Å²) in [6.45, 7) is 12.0. The summed E-state index contributed by atoms with van der Waals surface area (Å²) >= 11 is 0. The number of aryl methyl sites for hydroxylation is 1. The summed E-state index contributed by atoms with van der Waals surface area (Å²) in [7, 11) is 1.03. The minimum Gasteiger partial charge on any atom is -0.469 e. The molecule has 0 aromatic heterocycles. The molecule has 2 rings (SSSR count). The fraction of sp³-hybridized carbons (Fsp3) is 0.588. The molecule has 0 amide bonds. The molecule has 0 bridgehead atoms. The maximum Gasteiger partial charge on any atom is 0.495 e. The van der Waals surface area contributed by atoms with E-state index in [-0.39, 0.29) is 30.2 Å². The summed E-state index contributed by atoms with van der Waals surface area (Å²) in [5.41, 5.74) is 2.26. The molecule has 1 aromatic carbocycles. The van der Waals surface area contributed by atoms with Crippen LogP contribution in [0.25, 0.3) is 0 Å². The van der Waals surface area contributed by atoms with Crippen molar-refractivity contribution < 1.29 is 18.8 Å². The molecule has 0 radical (unpaired) electrons. The van der Waals surface area contributed by atoms with E-state index in [0.717, 1.165) is 16.6 Å². The second-order valence-electron chi connectivity index (χ2n) is 6.95. The highest BCUT2D eigenvalue weighted by molar-refractivity contribution is 6.62. The molecule has 1 fully saturated rings. The molecule has 5 heteroatoms. The summed E-state index contributed by atoms with van der Waals surface area (Å²) in [5.74, 6) is -0.515. The molecule has 1 unspecified atom stereocenters. The maximum atomic E-state index is 11.7. The van der Waals surface area contributed by atoms with Crippen LogP contribution in [0.1, 0.15) is 51.7 Å². The van der Waals surface area contributed by atoms with E-state index < -0.39 is 0 Å². The normalized spacial score (nSPS) is 20.8. The molecule has 0 N–H and O–H groups in total. The van der Waals surface area contributed by atoms with Gasteiger partial charge < -0.3 is 14.0 Å². The van der Waals surface area contributed by atoms with E-state index in [4.69, 9.17) is 14.0 Å². The molecule has 0 spiro atoms. The molecular formula is C17H25BO4. The minimum atomic E-state index is -0.382. The molecule has 22 heavy (non-hydrogen) atoms. The zero-order valence-corrected chi connectivity index (χ0v) is 14.5. The number of benzene rings is 1. The molecule has 1 aliphatic rings. The molecule has 120 valence electrons. The van der Waals surface area contributed by atoms with Crippen molar-refractivity contribution in [1.82, 2.24) is 0 Å². The number of hydrogen-bond donors (Lipinski definition) is 0. The Labute approximate surface area is 133 Å². The maximum absolute atomic E-state index is 11.7. The van der Waals surface area contributed by atoms with Gasteiger partial charge in [-0.15, -0.1) is 0 Å². The summed E-state index contributed by atoms with van der Waals surface area (Å²) in [6.07, 6.45) is 0. The quantitative estimate of drug-likeness (QED) is 0.636. The van der Waals surface area contributed by atoms with Crippen LogP contribution in [0.5, 0.6) is 0 Å². The number of methoxy groups -OCH3 is 1. The van der Waals surface area contributed by atoms with Gasteiger partial charge >= 0.3 is 13.1 Å². The van der Waals surface area contributed by atoms with E-state index in [0.29, 0.717) is 0 Å². The lowest BCUT2D eigenvalue weighted by Gasteiger charge is -2.32. The zero-order valence-electron chi connectivity index (χ0n) is 14.5. The third-order valence-corrected chi connectivity index (χ3v) is 4.86. The van der Waals surface area contributed by atoms with Crippen molar-refractivity contribution in [3.8, 4) is 0 Å². The lowest BCUT2D eigenvalue weighted by molar-refractivity contribution is -0.141.